The highest BCUT2D eigenvalue weighted by atomic mass is 35.7. The quantitative estimate of drug-likeness (QED) is 0.170. The van der Waals surface area contributed by atoms with E-state index >= 15 is 0 Å². The van der Waals surface area contributed by atoms with Crippen molar-refractivity contribution in [2.45, 2.75) is 22.6 Å². The van der Waals surface area contributed by atoms with Crippen molar-refractivity contribution in [3.05, 3.63) is 130 Å². The first-order valence-electron chi connectivity index (χ1n) is 12.1. The van der Waals surface area contributed by atoms with Crippen molar-refractivity contribution < 1.29 is 16.8 Å². The van der Waals surface area contributed by atoms with Gasteiger partial charge in [-0.25, -0.2) is 16.8 Å². The van der Waals surface area contributed by atoms with E-state index in [9.17, 15) is 16.8 Å². The molecule has 4 nitrogen and oxygen atoms in total. The van der Waals surface area contributed by atoms with Gasteiger partial charge in [0.05, 0.1) is 0 Å². The van der Waals surface area contributed by atoms with Crippen LogP contribution in [0.3, 0.4) is 0 Å². The van der Waals surface area contributed by atoms with E-state index in [2.05, 4.69) is 0 Å². The molecule has 4 aromatic carbocycles. The van der Waals surface area contributed by atoms with Gasteiger partial charge in [-0.15, -0.1) is 22.7 Å². The highest BCUT2D eigenvalue weighted by molar-refractivity contribution is 8.14. The van der Waals surface area contributed by atoms with Gasteiger partial charge in [0.25, 0.3) is 18.1 Å². The summed E-state index contributed by atoms with van der Waals surface area (Å²) >= 11 is 2.96. The van der Waals surface area contributed by atoms with Crippen LogP contribution in [0, 0.1) is 0 Å². The molecule has 10 heteroatoms. The predicted molar refractivity (Wildman–Crippen MR) is 168 cm³/mol. The Hall–Kier alpha value is -2.72. The summed E-state index contributed by atoms with van der Waals surface area (Å²) in [6.45, 7) is 0. The Kier molecular flexibility index (Phi) is 8.66. The summed E-state index contributed by atoms with van der Waals surface area (Å²) < 4.78 is 49.4. The van der Waals surface area contributed by atoms with Crippen LogP contribution in [0.5, 0.6) is 0 Å². The van der Waals surface area contributed by atoms with Crippen LogP contribution in [0.4, 0.5) is 0 Å². The lowest BCUT2D eigenvalue weighted by Gasteiger charge is -2.01. The number of fused-ring (bicyclic) bond motifs is 2. The third-order valence-electron chi connectivity index (χ3n) is 6.14. The first-order chi connectivity index (χ1) is 19.1. The summed E-state index contributed by atoms with van der Waals surface area (Å²) in [5.41, 5.74) is 2.14. The molecule has 2 heterocycles. The second-order valence-corrected chi connectivity index (χ2v) is 16.2. The van der Waals surface area contributed by atoms with E-state index in [1.807, 2.05) is 97.1 Å². The molecule has 6 rings (SSSR count). The van der Waals surface area contributed by atoms with Crippen LogP contribution >= 0.6 is 44.0 Å². The van der Waals surface area contributed by atoms with E-state index in [-0.39, 0.29) is 9.79 Å². The smallest absolute Gasteiger partial charge is 0.207 e. The molecule has 2 aromatic heterocycles. The molecule has 0 aliphatic carbocycles. The van der Waals surface area contributed by atoms with Gasteiger partial charge in [-0.2, -0.15) is 0 Å². The Bertz CT molecular complexity index is 1850. The molecule has 204 valence electrons. The van der Waals surface area contributed by atoms with Crippen LogP contribution in [0.15, 0.2) is 119 Å². The van der Waals surface area contributed by atoms with Crippen molar-refractivity contribution in [3.63, 3.8) is 0 Å². The fourth-order valence-corrected chi connectivity index (χ4v) is 10.7. The summed E-state index contributed by atoms with van der Waals surface area (Å²) in [5, 5.41) is 1.41. The lowest BCUT2D eigenvalue weighted by Crippen LogP contribution is -1.95. The minimum atomic E-state index is -3.75. The van der Waals surface area contributed by atoms with Crippen LogP contribution in [0.1, 0.15) is 20.9 Å². The standard InChI is InChI=1S/2C15H11ClO2S2/c2*16-20(17,18)15-12-8-4-5-9-13(12)19-14(15)10-11-6-2-1-3-7-11/h2*1-9H,10H2. The number of thiophene rings is 2. The number of halogens is 2. The molecule has 0 atom stereocenters. The number of rotatable bonds is 6. The van der Waals surface area contributed by atoms with Gasteiger partial charge in [0.2, 0.25) is 0 Å². The topological polar surface area (TPSA) is 68.3 Å². The summed E-state index contributed by atoms with van der Waals surface area (Å²) in [5.74, 6) is 0. The molecular weight excluding hydrogens is 624 g/mol. The van der Waals surface area contributed by atoms with Crippen LogP contribution in [0.25, 0.3) is 20.2 Å². The predicted octanol–water partition coefficient (Wildman–Crippen LogP) is 8.84. The maximum Gasteiger partial charge on any atom is 0.263 e. The van der Waals surface area contributed by atoms with Gasteiger partial charge in [0.15, 0.2) is 0 Å². The average molecular weight is 646 g/mol. The van der Waals surface area contributed by atoms with Gasteiger partial charge >= 0.3 is 0 Å². The molecule has 6 aromatic rings. The number of hydrogen-bond acceptors (Lipinski definition) is 6. The molecule has 0 saturated heterocycles. The number of hydrogen-bond donors (Lipinski definition) is 0. The molecular formula is C30H22Cl2O4S4. The molecule has 0 bridgehead atoms. The van der Waals surface area contributed by atoms with Crippen molar-refractivity contribution in [2.75, 3.05) is 0 Å². The number of benzene rings is 4. The summed E-state index contributed by atoms with van der Waals surface area (Å²) in [7, 11) is 3.75. The van der Waals surface area contributed by atoms with E-state index in [1.54, 1.807) is 12.1 Å². The normalized spacial score (nSPS) is 11.8. The highest BCUT2D eigenvalue weighted by Gasteiger charge is 2.23. The minimum Gasteiger partial charge on any atom is -0.207 e. The molecule has 0 unspecified atom stereocenters. The second kappa shape index (κ2) is 12.0. The SMILES string of the molecule is O=S(=O)(Cl)c1c(Cc2ccccc2)sc2ccccc12.O=S(=O)(Cl)c1c(Cc2ccccc2)sc2ccccc12. The Morgan fingerprint density at radius 2 is 0.800 bits per heavy atom. The Balaban J connectivity index is 0.000000161. The maximum atomic E-state index is 11.9. The van der Waals surface area contributed by atoms with Crippen LogP contribution < -0.4 is 0 Å². The van der Waals surface area contributed by atoms with Crippen molar-refractivity contribution in [2.24, 2.45) is 0 Å². The molecule has 0 aliphatic rings. The van der Waals surface area contributed by atoms with Gasteiger partial charge in [-0.3, -0.25) is 0 Å². The van der Waals surface area contributed by atoms with Crippen LogP contribution in [0.2, 0.25) is 0 Å². The van der Waals surface area contributed by atoms with E-state index in [0.717, 1.165) is 30.3 Å². The fourth-order valence-electron chi connectivity index (χ4n) is 4.47. The van der Waals surface area contributed by atoms with E-state index in [0.29, 0.717) is 23.6 Å². The van der Waals surface area contributed by atoms with Crippen molar-refractivity contribution in [3.8, 4) is 0 Å². The Morgan fingerprint density at radius 1 is 0.475 bits per heavy atom. The second-order valence-electron chi connectivity index (χ2n) is 8.90. The van der Waals surface area contributed by atoms with Crippen LogP contribution in [-0.2, 0) is 30.9 Å². The molecule has 0 fully saturated rings. The zero-order valence-corrected chi connectivity index (χ0v) is 25.6. The monoisotopic (exact) mass is 644 g/mol. The van der Waals surface area contributed by atoms with Gasteiger partial charge in [0, 0.05) is 64.1 Å². The summed E-state index contributed by atoms with van der Waals surface area (Å²) in [4.78, 5) is 2.08. The van der Waals surface area contributed by atoms with Crippen molar-refractivity contribution in [1.82, 2.24) is 0 Å². The van der Waals surface area contributed by atoms with Crippen molar-refractivity contribution in [1.29, 1.82) is 0 Å². The lowest BCUT2D eigenvalue weighted by atomic mass is 10.1. The molecule has 0 spiro atoms. The third-order valence-corrected chi connectivity index (χ3v) is 11.6. The first-order valence-corrected chi connectivity index (χ1v) is 18.3. The Labute approximate surface area is 250 Å². The summed E-state index contributed by atoms with van der Waals surface area (Å²) in [6.07, 6.45) is 1.14. The zero-order valence-electron chi connectivity index (χ0n) is 20.8. The van der Waals surface area contributed by atoms with E-state index < -0.39 is 18.1 Å². The minimum absolute atomic E-state index is 0.253. The van der Waals surface area contributed by atoms with Crippen molar-refractivity contribution >= 4 is 82.3 Å². The van der Waals surface area contributed by atoms with Gasteiger partial charge < -0.3 is 0 Å². The van der Waals surface area contributed by atoms with E-state index in [1.165, 1.54) is 22.7 Å². The van der Waals surface area contributed by atoms with Gasteiger partial charge in [-0.1, -0.05) is 97.1 Å². The van der Waals surface area contributed by atoms with Gasteiger partial charge in [-0.05, 0) is 23.3 Å². The van der Waals surface area contributed by atoms with Gasteiger partial charge in [0.1, 0.15) is 9.79 Å². The zero-order chi connectivity index (χ0) is 28.3. The van der Waals surface area contributed by atoms with E-state index in [4.69, 9.17) is 21.4 Å². The molecule has 0 N–H and O–H groups in total. The first kappa shape index (κ1) is 28.8. The average Bonchev–Trinajstić information content (AvgIpc) is 3.48. The molecule has 0 radical (unpaired) electrons. The third kappa shape index (κ3) is 6.60. The molecule has 40 heavy (non-hydrogen) atoms. The summed E-state index contributed by atoms with van der Waals surface area (Å²) in [6, 6.07) is 34.5. The fraction of sp³-hybridized carbons (Fsp3) is 0.0667. The maximum absolute atomic E-state index is 11.9. The largest absolute Gasteiger partial charge is 0.263 e. The Morgan fingerprint density at radius 3 is 1.15 bits per heavy atom. The molecule has 0 amide bonds. The lowest BCUT2D eigenvalue weighted by molar-refractivity contribution is 0.608. The molecule has 0 saturated carbocycles. The highest BCUT2D eigenvalue weighted by Crippen LogP contribution is 2.39. The molecule has 0 aliphatic heterocycles. The van der Waals surface area contributed by atoms with Crippen LogP contribution in [-0.4, -0.2) is 16.8 Å².